The molecule has 0 bridgehead atoms. The van der Waals surface area contributed by atoms with Crippen molar-refractivity contribution in [2.75, 3.05) is 32.7 Å². The minimum atomic E-state index is 0.694. The van der Waals surface area contributed by atoms with Crippen molar-refractivity contribution in [1.29, 1.82) is 0 Å². The lowest BCUT2D eigenvalue weighted by molar-refractivity contribution is 0.265. The van der Waals surface area contributed by atoms with Crippen LogP contribution in [-0.2, 0) is 0 Å². The van der Waals surface area contributed by atoms with E-state index in [-0.39, 0.29) is 0 Å². The fourth-order valence-corrected chi connectivity index (χ4v) is 3.40. The second-order valence-corrected chi connectivity index (χ2v) is 5.90. The molecule has 0 aromatic carbocycles. The molecule has 2 rings (SSSR count). The second kappa shape index (κ2) is 7.29. The van der Waals surface area contributed by atoms with Gasteiger partial charge >= 0.3 is 0 Å². The summed E-state index contributed by atoms with van der Waals surface area (Å²) in [6.45, 7) is 8.01. The van der Waals surface area contributed by atoms with E-state index >= 15 is 0 Å². The van der Waals surface area contributed by atoms with Gasteiger partial charge in [-0.25, -0.2) is 0 Å². The SMILES string of the molecule is CCN1CCCC1CNC(=S)N1CCCCCC1. The maximum atomic E-state index is 5.54. The van der Waals surface area contributed by atoms with Gasteiger partial charge in [-0.05, 0) is 51.0 Å². The topological polar surface area (TPSA) is 18.5 Å². The molecular weight excluding hydrogens is 242 g/mol. The molecule has 0 aliphatic carbocycles. The minimum Gasteiger partial charge on any atom is -0.361 e. The maximum Gasteiger partial charge on any atom is 0.168 e. The summed E-state index contributed by atoms with van der Waals surface area (Å²) in [6, 6.07) is 0.694. The van der Waals surface area contributed by atoms with Crippen LogP contribution in [0.5, 0.6) is 0 Å². The summed E-state index contributed by atoms with van der Waals surface area (Å²) in [6.07, 6.45) is 8.00. The summed E-state index contributed by atoms with van der Waals surface area (Å²) in [5.41, 5.74) is 0. The molecule has 0 aromatic rings. The Morgan fingerprint density at radius 1 is 1.11 bits per heavy atom. The fraction of sp³-hybridized carbons (Fsp3) is 0.929. The van der Waals surface area contributed by atoms with Crippen LogP contribution in [0.3, 0.4) is 0 Å². The van der Waals surface area contributed by atoms with E-state index in [1.165, 1.54) is 51.6 Å². The first kappa shape index (κ1) is 14.1. The lowest BCUT2D eigenvalue weighted by atomic mass is 10.2. The van der Waals surface area contributed by atoms with E-state index in [1.807, 2.05) is 0 Å². The smallest absolute Gasteiger partial charge is 0.168 e. The zero-order valence-electron chi connectivity index (χ0n) is 11.7. The van der Waals surface area contributed by atoms with Crippen molar-refractivity contribution < 1.29 is 0 Å². The van der Waals surface area contributed by atoms with Crippen LogP contribution in [0.15, 0.2) is 0 Å². The fourth-order valence-electron chi connectivity index (χ4n) is 3.13. The highest BCUT2D eigenvalue weighted by Gasteiger charge is 2.23. The number of hydrogen-bond donors (Lipinski definition) is 1. The zero-order chi connectivity index (χ0) is 12.8. The average Bonchev–Trinajstić information content (AvgIpc) is 2.67. The van der Waals surface area contributed by atoms with Crippen LogP contribution >= 0.6 is 12.2 Å². The van der Waals surface area contributed by atoms with E-state index in [1.54, 1.807) is 0 Å². The summed E-state index contributed by atoms with van der Waals surface area (Å²) >= 11 is 5.54. The number of nitrogens with one attached hydrogen (secondary N) is 1. The summed E-state index contributed by atoms with van der Waals surface area (Å²) in [7, 11) is 0. The Kier molecular flexibility index (Phi) is 5.70. The van der Waals surface area contributed by atoms with E-state index in [0.717, 1.165) is 24.7 Å². The first-order valence-electron chi connectivity index (χ1n) is 7.58. The number of rotatable bonds is 3. The molecule has 0 saturated carbocycles. The molecule has 104 valence electrons. The van der Waals surface area contributed by atoms with Gasteiger partial charge in [0.1, 0.15) is 0 Å². The Hall–Kier alpha value is -0.350. The number of likely N-dealkylation sites (N-methyl/N-ethyl adjacent to an activating group) is 1. The van der Waals surface area contributed by atoms with Gasteiger partial charge in [0.05, 0.1) is 0 Å². The van der Waals surface area contributed by atoms with E-state index in [9.17, 15) is 0 Å². The standard InChI is InChI=1S/C14H27N3S/c1-2-16-11-7-8-13(16)12-15-14(18)17-9-5-3-4-6-10-17/h13H,2-12H2,1H3,(H,15,18). The molecule has 2 aliphatic rings. The highest BCUT2D eigenvalue weighted by Crippen LogP contribution is 2.16. The molecule has 0 amide bonds. The van der Waals surface area contributed by atoms with Gasteiger partial charge in [0.2, 0.25) is 0 Å². The van der Waals surface area contributed by atoms with Crippen LogP contribution in [0.1, 0.15) is 45.4 Å². The second-order valence-electron chi connectivity index (χ2n) is 5.51. The molecule has 18 heavy (non-hydrogen) atoms. The number of hydrogen-bond acceptors (Lipinski definition) is 2. The number of nitrogens with zero attached hydrogens (tertiary/aromatic N) is 2. The molecule has 0 radical (unpaired) electrons. The van der Waals surface area contributed by atoms with Crippen molar-refractivity contribution in [2.45, 2.75) is 51.5 Å². The van der Waals surface area contributed by atoms with Crippen LogP contribution < -0.4 is 5.32 Å². The maximum absolute atomic E-state index is 5.54. The third-order valence-corrected chi connectivity index (χ3v) is 4.69. The molecule has 2 fully saturated rings. The summed E-state index contributed by atoms with van der Waals surface area (Å²) in [5, 5.41) is 4.49. The average molecular weight is 269 g/mol. The quantitative estimate of drug-likeness (QED) is 0.792. The number of thiocarbonyl (C=S) groups is 1. The Morgan fingerprint density at radius 3 is 2.50 bits per heavy atom. The third kappa shape index (κ3) is 3.82. The molecule has 0 spiro atoms. The predicted molar refractivity (Wildman–Crippen MR) is 80.9 cm³/mol. The van der Waals surface area contributed by atoms with Crippen molar-refractivity contribution in [3.05, 3.63) is 0 Å². The van der Waals surface area contributed by atoms with Crippen LogP contribution in [0.2, 0.25) is 0 Å². The Bertz CT molecular complexity index is 262. The van der Waals surface area contributed by atoms with Gasteiger partial charge in [0, 0.05) is 25.7 Å². The molecule has 3 nitrogen and oxygen atoms in total. The minimum absolute atomic E-state index is 0.694. The highest BCUT2D eigenvalue weighted by molar-refractivity contribution is 7.80. The van der Waals surface area contributed by atoms with E-state index in [4.69, 9.17) is 12.2 Å². The Labute approximate surface area is 117 Å². The van der Waals surface area contributed by atoms with E-state index < -0.39 is 0 Å². The van der Waals surface area contributed by atoms with Gasteiger partial charge in [0.25, 0.3) is 0 Å². The largest absolute Gasteiger partial charge is 0.361 e. The summed E-state index contributed by atoms with van der Waals surface area (Å²) < 4.78 is 0. The lowest BCUT2D eigenvalue weighted by Gasteiger charge is -2.27. The first-order valence-corrected chi connectivity index (χ1v) is 7.99. The van der Waals surface area contributed by atoms with Gasteiger partial charge in [-0.1, -0.05) is 19.8 Å². The van der Waals surface area contributed by atoms with E-state index in [2.05, 4.69) is 22.0 Å². The van der Waals surface area contributed by atoms with Crippen molar-refractivity contribution in [1.82, 2.24) is 15.1 Å². The molecular formula is C14H27N3S. The molecule has 2 heterocycles. The van der Waals surface area contributed by atoms with Gasteiger partial charge in [-0.3, -0.25) is 4.90 Å². The molecule has 4 heteroatoms. The summed E-state index contributed by atoms with van der Waals surface area (Å²) in [4.78, 5) is 4.94. The van der Waals surface area contributed by atoms with Crippen LogP contribution in [0.25, 0.3) is 0 Å². The normalized spacial score (nSPS) is 26.1. The Balaban J connectivity index is 1.73. The molecule has 0 aromatic heterocycles. The van der Waals surface area contributed by atoms with E-state index in [0.29, 0.717) is 6.04 Å². The number of likely N-dealkylation sites (tertiary alicyclic amines) is 2. The van der Waals surface area contributed by atoms with Gasteiger partial charge < -0.3 is 10.2 Å². The van der Waals surface area contributed by atoms with Crippen LogP contribution in [0.4, 0.5) is 0 Å². The molecule has 2 saturated heterocycles. The predicted octanol–water partition coefficient (Wildman–Crippen LogP) is 2.22. The highest BCUT2D eigenvalue weighted by atomic mass is 32.1. The van der Waals surface area contributed by atoms with Crippen molar-refractivity contribution in [3.8, 4) is 0 Å². The van der Waals surface area contributed by atoms with Crippen LogP contribution in [0, 0.1) is 0 Å². The first-order chi connectivity index (χ1) is 8.81. The van der Waals surface area contributed by atoms with Crippen LogP contribution in [-0.4, -0.2) is 53.7 Å². The molecule has 1 atom stereocenters. The van der Waals surface area contributed by atoms with Gasteiger partial charge in [-0.2, -0.15) is 0 Å². The Morgan fingerprint density at radius 2 is 1.83 bits per heavy atom. The van der Waals surface area contributed by atoms with Crippen molar-refractivity contribution in [3.63, 3.8) is 0 Å². The summed E-state index contributed by atoms with van der Waals surface area (Å²) in [5.74, 6) is 0. The molecule has 2 aliphatic heterocycles. The molecule has 1 unspecified atom stereocenters. The van der Waals surface area contributed by atoms with Gasteiger partial charge in [0.15, 0.2) is 5.11 Å². The van der Waals surface area contributed by atoms with Gasteiger partial charge in [-0.15, -0.1) is 0 Å². The zero-order valence-corrected chi connectivity index (χ0v) is 12.5. The third-order valence-electron chi connectivity index (χ3n) is 4.29. The monoisotopic (exact) mass is 269 g/mol. The lowest BCUT2D eigenvalue weighted by Crippen LogP contribution is -2.45. The van der Waals surface area contributed by atoms with Crippen molar-refractivity contribution in [2.24, 2.45) is 0 Å². The van der Waals surface area contributed by atoms with Crippen molar-refractivity contribution >= 4 is 17.3 Å². The molecule has 1 N–H and O–H groups in total.